The van der Waals surface area contributed by atoms with Crippen LogP contribution in [0.25, 0.3) is 0 Å². The lowest BCUT2D eigenvalue weighted by atomic mass is 10.0. The van der Waals surface area contributed by atoms with E-state index in [1.165, 1.54) is 16.7 Å². The van der Waals surface area contributed by atoms with Crippen LogP contribution in [-0.2, 0) is 0 Å². The normalized spacial score (nSPS) is 12.2. The van der Waals surface area contributed by atoms with Crippen molar-refractivity contribution < 1.29 is 0 Å². The van der Waals surface area contributed by atoms with Crippen LogP contribution < -0.4 is 11.1 Å². The van der Waals surface area contributed by atoms with Crippen molar-refractivity contribution in [1.29, 1.82) is 0 Å². The highest BCUT2D eigenvalue weighted by Gasteiger charge is 2.11. The van der Waals surface area contributed by atoms with Crippen LogP contribution in [0.15, 0.2) is 46.9 Å². The molecule has 0 aliphatic heterocycles. The fourth-order valence-corrected chi connectivity index (χ4v) is 2.42. The summed E-state index contributed by atoms with van der Waals surface area (Å²) >= 11 is 3.55. The molecule has 100 valence electrons. The second-order valence-electron chi connectivity index (χ2n) is 4.76. The fraction of sp³-hybridized carbons (Fsp3) is 0.250. The van der Waals surface area contributed by atoms with Gasteiger partial charge in [-0.05, 0) is 58.6 Å². The standard InChI is InChI=1S/C16H19BrN2/c1-11-7-8-13(9-12(11)2)16(10-18)19-15-6-4-3-5-14(15)17/h3-9,16,19H,10,18H2,1-2H3. The van der Waals surface area contributed by atoms with Gasteiger partial charge in [-0.2, -0.15) is 0 Å². The third-order valence-corrected chi connectivity index (χ3v) is 4.06. The zero-order valence-corrected chi connectivity index (χ0v) is 12.9. The predicted molar refractivity (Wildman–Crippen MR) is 85.5 cm³/mol. The largest absolute Gasteiger partial charge is 0.376 e. The van der Waals surface area contributed by atoms with Gasteiger partial charge in [0.2, 0.25) is 0 Å². The van der Waals surface area contributed by atoms with E-state index in [1.807, 2.05) is 24.3 Å². The first-order valence-corrected chi connectivity index (χ1v) is 7.19. The summed E-state index contributed by atoms with van der Waals surface area (Å²) in [7, 11) is 0. The molecule has 2 aromatic carbocycles. The van der Waals surface area contributed by atoms with E-state index >= 15 is 0 Å². The molecule has 0 radical (unpaired) electrons. The summed E-state index contributed by atoms with van der Waals surface area (Å²) in [5, 5.41) is 3.49. The highest BCUT2D eigenvalue weighted by atomic mass is 79.9. The van der Waals surface area contributed by atoms with Crippen molar-refractivity contribution in [2.45, 2.75) is 19.9 Å². The van der Waals surface area contributed by atoms with Crippen LogP contribution in [0.3, 0.4) is 0 Å². The minimum atomic E-state index is 0.123. The number of aryl methyl sites for hydroxylation is 2. The quantitative estimate of drug-likeness (QED) is 0.887. The molecule has 19 heavy (non-hydrogen) atoms. The Hall–Kier alpha value is -1.32. The monoisotopic (exact) mass is 318 g/mol. The molecule has 0 aliphatic carbocycles. The average Bonchev–Trinajstić information content (AvgIpc) is 2.41. The number of benzene rings is 2. The van der Waals surface area contributed by atoms with Gasteiger partial charge in [0.25, 0.3) is 0 Å². The zero-order chi connectivity index (χ0) is 13.8. The summed E-state index contributed by atoms with van der Waals surface area (Å²) in [5.74, 6) is 0. The van der Waals surface area contributed by atoms with Crippen molar-refractivity contribution >= 4 is 21.6 Å². The Bertz CT molecular complexity index is 566. The van der Waals surface area contributed by atoms with Gasteiger partial charge in [-0.3, -0.25) is 0 Å². The average molecular weight is 319 g/mol. The van der Waals surface area contributed by atoms with Crippen LogP contribution in [0.1, 0.15) is 22.7 Å². The van der Waals surface area contributed by atoms with Crippen molar-refractivity contribution in [3.05, 3.63) is 63.6 Å². The molecule has 1 atom stereocenters. The molecule has 3 heteroatoms. The highest BCUT2D eigenvalue weighted by Crippen LogP contribution is 2.26. The van der Waals surface area contributed by atoms with E-state index in [2.05, 4.69) is 53.3 Å². The third-order valence-electron chi connectivity index (χ3n) is 3.37. The van der Waals surface area contributed by atoms with E-state index in [1.54, 1.807) is 0 Å². The van der Waals surface area contributed by atoms with Crippen molar-refractivity contribution in [1.82, 2.24) is 0 Å². The van der Waals surface area contributed by atoms with Crippen LogP contribution in [0.5, 0.6) is 0 Å². The van der Waals surface area contributed by atoms with Gasteiger partial charge in [0, 0.05) is 16.7 Å². The second kappa shape index (κ2) is 6.22. The topological polar surface area (TPSA) is 38.0 Å². The van der Waals surface area contributed by atoms with E-state index in [0.29, 0.717) is 6.54 Å². The van der Waals surface area contributed by atoms with Gasteiger partial charge in [-0.1, -0.05) is 30.3 Å². The minimum Gasteiger partial charge on any atom is -0.376 e. The highest BCUT2D eigenvalue weighted by molar-refractivity contribution is 9.10. The molecular weight excluding hydrogens is 300 g/mol. The van der Waals surface area contributed by atoms with Crippen molar-refractivity contribution in [3.8, 4) is 0 Å². The number of rotatable bonds is 4. The molecule has 0 bridgehead atoms. The van der Waals surface area contributed by atoms with Crippen molar-refractivity contribution in [2.75, 3.05) is 11.9 Å². The number of hydrogen-bond acceptors (Lipinski definition) is 2. The molecular formula is C16H19BrN2. The summed E-state index contributed by atoms with van der Waals surface area (Å²) in [6.07, 6.45) is 0. The Balaban J connectivity index is 2.25. The molecule has 0 spiro atoms. The minimum absolute atomic E-state index is 0.123. The van der Waals surface area contributed by atoms with Crippen LogP contribution in [-0.4, -0.2) is 6.54 Å². The number of nitrogens with two attached hydrogens (primary N) is 1. The van der Waals surface area contributed by atoms with Crippen LogP contribution in [0.2, 0.25) is 0 Å². The molecule has 0 aliphatic rings. The summed E-state index contributed by atoms with van der Waals surface area (Å²) in [5.41, 5.74) is 10.8. The summed E-state index contributed by atoms with van der Waals surface area (Å²) < 4.78 is 1.05. The van der Waals surface area contributed by atoms with E-state index in [4.69, 9.17) is 5.73 Å². The fourth-order valence-electron chi connectivity index (χ4n) is 2.03. The number of hydrogen-bond donors (Lipinski definition) is 2. The second-order valence-corrected chi connectivity index (χ2v) is 5.61. The number of anilines is 1. The van der Waals surface area contributed by atoms with Crippen LogP contribution in [0, 0.1) is 13.8 Å². The number of halogens is 1. The molecule has 0 saturated heterocycles. The van der Waals surface area contributed by atoms with Gasteiger partial charge in [0.1, 0.15) is 0 Å². The number of para-hydroxylation sites is 1. The predicted octanol–water partition coefficient (Wildman–Crippen LogP) is 4.18. The van der Waals surface area contributed by atoms with Gasteiger partial charge in [-0.25, -0.2) is 0 Å². The lowest BCUT2D eigenvalue weighted by Gasteiger charge is -2.20. The lowest BCUT2D eigenvalue weighted by Crippen LogP contribution is -2.21. The zero-order valence-electron chi connectivity index (χ0n) is 11.3. The molecule has 0 amide bonds. The maximum absolute atomic E-state index is 5.91. The molecule has 3 N–H and O–H groups in total. The van der Waals surface area contributed by atoms with Crippen molar-refractivity contribution in [3.63, 3.8) is 0 Å². The van der Waals surface area contributed by atoms with E-state index < -0.39 is 0 Å². The first-order valence-electron chi connectivity index (χ1n) is 6.40. The van der Waals surface area contributed by atoms with Crippen molar-refractivity contribution in [2.24, 2.45) is 5.73 Å². The van der Waals surface area contributed by atoms with Gasteiger partial charge >= 0.3 is 0 Å². The first-order chi connectivity index (χ1) is 9.11. The molecule has 0 heterocycles. The van der Waals surface area contributed by atoms with Gasteiger partial charge in [0.05, 0.1) is 6.04 Å². The Morgan fingerprint density at radius 3 is 2.47 bits per heavy atom. The number of nitrogens with one attached hydrogen (secondary N) is 1. The Kier molecular flexibility index (Phi) is 4.61. The maximum atomic E-state index is 5.91. The van der Waals surface area contributed by atoms with Gasteiger partial charge in [-0.15, -0.1) is 0 Å². The molecule has 2 nitrogen and oxygen atoms in total. The van der Waals surface area contributed by atoms with Crippen LogP contribution in [0.4, 0.5) is 5.69 Å². The van der Waals surface area contributed by atoms with Gasteiger partial charge < -0.3 is 11.1 Å². The first kappa shape index (κ1) is 14.1. The maximum Gasteiger partial charge on any atom is 0.0636 e. The smallest absolute Gasteiger partial charge is 0.0636 e. The lowest BCUT2D eigenvalue weighted by molar-refractivity contribution is 0.788. The molecule has 0 aromatic heterocycles. The Labute approximate surface area is 123 Å². The summed E-state index contributed by atoms with van der Waals surface area (Å²) in [4.78, 5) is 0. The van der Waals surface area contributed by atoms with E-state index in [-0.39, 0.29) is 6.04 Å². The van der Waals surface area contributed by atoms with E-state index in [0.717, 1.165) is 10.2 Å². The van der Waals surface area contributed by atoms with Gasteiger partial charge in [0.15, 0.2) is 0 Å². The Morgan fingerprint density at radius 1 is 1.11 bits per heavy atom. The molecule has 1 unspecified atom stereocenters. The third kappa shape index (κ3) is 3.37. The van der Waals surface area contributed by atoms with E-state index in [9.17, 15) is 0 Å². The molecule has 2 rings (SSSR count). The molecule has 2 aromatic rings. The summed E-state index contributed by atoms with van der Waals surface area (Å²) in [6.45, 7) is 4.81. The Morgan fingerprint density at radius 2 is 1.84 bits per heavy atom. The SMILES string of the molecule is Cc1ccc(C(CN)Nc2ccccc2Br)cc1C. The molecule has 0 saturated carbocycles. The summed E-state index contributed by atoms with van der Waals surface area (Å²) in [6, 6.07) is 14.7. The molecule has 0 fully saturated rings. The van der Waals surface area contributed by atoms with Crippen LogP contribution >= 0.6 is 15.9 Å².